The van der Waals surface area contributed by atoms with Gasteiger partial charge in [0, 0.05) is 12.4 Å². The number of carbonyl (C=O) groups excluding carboxylic acids is 2. The van der Waals surface area contributed by atoms with Gasteiger partial charge in [-0.2, -0.15) is 0 Å². The third kappa shape index (κ3) is 12.2. The summed E-state index contributed by atoms with van der Waals surface area (Å²) in [6.45, 7) is 2.22. The highest BCUT2D eigenvalue weighted by atomic mass is 16.5. The van der Waals surface area contributed by atoms with E-state index in [0.29, 0.717) is 6.42 Å². The predicted molar refractivity (Wildman–Crippen MR) is 81.5 cm³/mol. The van der Waals surface area contributed by atoms with Crippen molar-refractivity contribution in [2.75, 3.05) is 7.11 Å². The molecule has 0 bridgehead atoms. The van der Waals surface area contributed by atoms with Gasteiger partial charge in [0.2, 0.25) is 0 Å². The second-order valence-electron chi connectivity index (χ2n) is 5.41. The van der Waals surface area contributed by atoms with Gasteiger partial charge in [-0.1, -0.05) is 57.6 Å². The number of unbranched alkanes of at least 4 members (excludes halogenated alkanes) is 7. The topological polar surface area (TPSA) is 66.4 Å². The summed E-state index contributed by atoms with van der Waals surface area (Å²) in [5.41, 5.74) is 0. The lowest BCUT2D eigenvalue weighted by atomic mass is 10.0. The SMILES string of the molecule is CCCCCCCCC/C=C/CC(CC(=O)[O-])C(=O)OC. The molecule has 0 spiro atoms. The molecule has 0 aliphatic rings. The van der Waals surface area contributed by atoms with E-state index in [1.807, 2.05) is 12.2 Å². The number of ether oxygens (including phenoxy) is 1. The fraction of sp³-hybridized carbons (Fsp3) is 0.765. The number of carbonyl (C=O) groups is 2. The fourth-order valence-electron chi connectivity index (χ4n) is 2.23. The average molecular weight is 297 g/mol. The summed E-state index contributed by atoms with van der Waals surface area (Å²) in [4.78, 5) is 22.0. The monoisotopic (exact) mass is 297 g/mol. The summed E-state index contributed by atoms with van der Waals surface area (Å²) in [5.74, 6) is -2.34. The second kappa shape index (κ2) is 13.7. The van der Waals surface area contributed by atoms with E-state index in [2.05, 4.69) is 11.7 Å². The first-order valence-electron chi connectivity index (χ1n) is 8.04. The van der Waals surface area contributed by atoms with E-state index in [-0.39, 0.29) is 6.42 Å². The summed E-state index contributed by atoms with van der Waals surface area (Å²) in [6.07, 6.45) is 13.9. The van der Waals surface area contributed by atoms with Gasteiger partial charge in [0.05, 0.1) is 13.0 Å². The number of aliphatic carboxylic acids is 1. The van der Waals surface area contributed by atoms with E-state index in [9.17, 15) is 14.7 Å². The Labute approximate surface area is 128 Å². The molecule has 0 radical (unpaired) electrons. The minimum absolute atomic E-state index is 0.283. The van der Waals surface area contributed by atoms with Crippen molar-refractivity contribution in [1.82, 2.24) is 0 Å². The second-order valence-corrected chi connectivity index (χ2v) is 5.41. The Hall–Kier alpha value is -1.32. The Bertz CT molecular complexity index is 310. The van der Waals surface area contributed by atoms with E-state index in [1.165, 1.54) is 45.6 Å². The zero-order valence-electron chi connectivity index (χ0n) is 13.4. The Balaban J connectivity index is 3.71. The van der Waals surface area contributed by atoms with E-state index in [4.69, 9.17) is 0 Å². The van der Waals surface area contributed by atoms with Gasteiger partial charge in [0.1, 0.15) is 0 Å². The van der Waals surface area contributed by atoms with Gasteiger partial charge in [0.25, 0.3) is 0 Å². The first-order chi connectivity index (χ1) is 10.1. The van der Waals surface area contributed by atoms with Crippen molar-refractivity contribution in [2.45, 2.75) is 71.1 Å². The van der Waals surface area contributed by atoms with Crippen LogP contribution < -0.4 is 5.11 Å². The normalized spacial score (nSPS) is 12.5. The third-order valence-electron chi connectivity index (χ3n) is 3.51. The lowest BCUT2D eigenvalue weighted by Gasteiger charge is -2.12. The highest BCUT2D eigenvalue weighted by Crippen LogP contribution is 2.12. The van der Waals surface area contributed by atoms with Gasteiger partial charge < -0.3 is 14.6 Å². The van der Waals surface area contributed by atoms with E-state index < -0.39 is 17.9 Å². The molecule has 0 rings (SSSR count). The number of rotatable bonds is 13. The number of hydrogen-bond donors (Lipinski definition) is 0. The highest BCUT2D eigenvalue weighted by molar-refractivity contribution is 5.78. The van der Waals surface area contributed by atoms with E-state index in [0.717, 1.165) is 12.8 Å². The van der Waals surface area contributed by atoms with Crippen molar-refractivity contribution in [3.8, 4) is 0 Å². The number of esters is 1. The minimum Gasteiger partial charge on any atom is -0.550 e. The molecule has 4 nitrogen and oxygen atoms in total. The lowest BCUT2D eigenvalue weighted by molar-refractivity contribution is -0.306. The highest BCUT2D eigenvalue weighted by Gasteiger charge is 2.17. The maximum Gasteiger partial charge on any atom is 0.309 e. The van der Waals surface area contributed by atoms with Gasteiger partial charge in [-0.25, -0.2) is 0 Å². The molecule has 0 saturated heterocycles. The molecule has 0 fully saturated rings. The van der Waals surface area contributed by atoms with Crippen LogP contribution in [0.15, 0.2) is 12.2 Å². The molecule has 1 unspecified atom stereocenters. The van der Waals surface area contributed by atoms with Crippen molar-refractivity contribution in [1.29, 1.82) is 0 Å². The van der Waals surface area contributed by atoms with Crippen LogP contribution in [0.4, 0.5) is 0 Å². The van der Waals surface area contributed by atoms with Crippen LogP contribution in [0.25, 0.3) is 0 Å². The molecular formula is C17H29O4-. The molecule has 0 aromatic rings. The van der Waals surface area contributed by atoms with Gasteiger partial charge in [-0.05, 0) is 19.3 Å². The first kappa shape index (κ1) is 19.7. The largest absolute Gasteiger partial charge is 0.550 e. The van der Waals surface area contributed by atoms with Crippen LogP contribution in [0.1, 0.15) is 71.1 Å². The molecule has 0 aliphatic heterocycles. The number of methoxy groups -OCH3 is 1. The van der Waals surface area contributed by atoms with Crippen LogP contribution in [0, 0.1) is 5.92 Å². The van der Waals surface area contributed by atoms with Crippen LogP contribution in [0.2, 0.25) is 0 Å². The van der Waals surface area contributed by atoms with Crippen molar-refractivity contribution >= 4 is 11.9 Å². The maximum absolute atomic E-state index is 11.4. The van der Waals surface area contributed by atoms with Crippen molar-refractivity contribution in [2.24, 2.45) is 5.92 Å². The number of allylic oxidation sites excluding steroid dienone is 2. The minimum atomic E-state index is -1.22. The van der Waals surface area contributed by atoms with Crippen LogP contribution in [-0.4, -0.2) is 19.0 Å². The Morgan fingerprint density at radius 2 is 1.67 bits per heavy atom. The summed E-state index contributed by atoms with van der Waals surface area (Å²) in [5, 5.41) is 10.6. The molecule has 0 aromatic heterocycles. The Kier molecular flexibility index (Phi) is 12.8. The van der Waals surface area contributed by atoms with Crippen molar-refractivity contribution in [3.05, 3.63) is 12.2 Å². The van der Waals surface area contributed by atoms with E-state index >= 15 is 0 Å². The molecule has 0 aliphatic carbocycles. The van der Waals surface area contributed by atoms with Gasteiger partial charge in [-0.3, -0.25) is 4.79 Å². The smallest absolute Gasteiger partial charge is 0.309 e. The lowest BCUT2D eigenvalue weighted by Crippen LogP contribution is -2.28. The molecule has 0 saturated carbocycles. The van der Waals surface area contributed by atoms with E-state index in [1.54, 1.807) is 0 Å². The average Bonchev–Trinajstić information content (AvgIpc) is 2.46. The third-order valence-corrected chi connectivity index (χ3v) is 3.51. The van der Waals surface area contributed by atoms with Crippen molar-refractivity contribution in [3.63, 3.8) is 0 Å². The van der Waals surface area contributed by atoms with Crippen LogP contribution in [0.5, 0.6) is 0 Å². The number of carboxylic acid groups (broad SMARTS) is 1. The fourth-order valence-corrected chi connectivity index (χ4v) is 2.23. The molecule has 122 valence electrons. The summed E-state index contributed by atoms with van der Waals surface area (Å²) < 4.78 is 4.59. The Morgan fingerprint density at radius 3 is 2.24 bits per heavy atom. The summed E-state index contributed by atoms with van der Waals surface area (Å²) >= 11 is 0. The standard InChI is InChI=1S/C17H30O4/c1-3-4-5-6-7-8-9-10-11-12-13-15(14-16(18)19)17(20)21-2/h11-12,15H,3-10,13-14H2,1-2H3,(H,18,19)/p-1/b12-11+. The molecule has 1 atom stereocenters. The number of carboxylic acids is 1. The maximum atomic E-state index is 11.4. The summed E-state index contributed by atoms with van der Waals surface area (Å²) in [6, 6.07) is 0. The molecule has 0 amide bonds. The van der Waals surface area contributed by atoms with Gasteiger partial charge in [0.15, 0.2) is 0 Å². The van der Waals surface area contributed by atoms with Crippen LogP contribution in [-0.2, 0) is 14.3 Å². The quantitative estimate of drug-likeness (QED) is 0.298. The molecular weight excluding hydrogens is 268 g/mol. The summed E-state index contributed by atoms with van der Waals surface area (Å²) in [7, 11) is 1.27. The predicted octanol–water partition coefficient (Wildman–Crippen LogP) is 3.00. The Morgan fingerprint density at radius 1 is 1.05 bits per heavy atom. The zero-order chi connectivity index (χ0) is 15.9. The molecule has 4 heteroatoms. The molecule has 21 heavy (non-hydrogen) atoms. The zero-order valence-corrected chi connectivity index (χ0v) is 13.4. The van der Waals surface area contributed by atoms with Gasteiger partial charge >= 0.3 is 5.97 Å². The van der Waals surface area contributed by atoms with Crippen LogP contribution >= 0.6 is 0 Å². The molecule has 0 heterocycles. The van der Waals surface area contributed by atoms with Crippen molar-refractivity contribution < 1.29 is 19.4 Å². The molecule has 0 N–H and O–H groups in total. The first-order valence-corrected chi connectivity index (χ1v) is 8.04. The molecule has 0 aromatic carbocycles. The number of hydrogen-bond acceptors (Lipinski definition) is 4. The van der Waals surface area contributed by atoms with Crippen LogP contribution in [0.3, 0.4) is 0 Å². The van der Waals surface area contributed by atoms with Gasteiger partial charge in [-0.15, -0.1) is 0 Å².